The second-order valence-corrected chi connectivity index (χ2v) is 5.08. The number of carbonyl (C=O) groups excluding carboxylic acids is 1. The number of hydrogen-bond donors (Lipinski definition) is 0. The Morgan fingerprint density at radius 2 is 2.22 bits per heavy atom. The second-order valence-electron chi connectivity index (χ2n) is 3.97. The van der Waals surface area contributed by atoms with E-state index >= 15 is 0 Å². The van der Waals surface area contributed by atoms with Crippen LogP contribution in [0.5, 0.6) is 0 Å². The maximum absolute atomic E-state index is 11.9. The van der Waals surface area contributed by atoms with Gasteiger partial charge in [-0.2, -0.15) is 11.8 Å². The highest BCUT2D eigenvalue weighted by Crippen LogP contribution is 2.20. The van der Waals surface area contributed by atoms with Crippen LogP contribution >= 0.6 is 11.8 Å². The van der Waals surface area contributed by atoms with E-state index in [-0.39, 0.29) is 5.78 Å². The summed E-state index contributed by atoms with van der Waals surface area (Å²) in [5.74, 6) is 1.90. The van der Waals surface area contributed by atoms with Gasteiger partial charge in [0.15, 0.2) is 5.76 Å². The maximum Gasteiger partial charge on any atom is 0.207 e. The van der Waals surface area contributed by atoms with E-state index in [4.69, 9.17) is 9.15 Å². The van der Waals surface area contributed by atoms with Gasteiger partial charge in [0.25, 0.3) is 0 Å². The predicted octanol–water partition coefficient (Wildman–Crippen LogP) is 3.39. The van der Waals surface area contributed by atoms with Gasteiger partial charge in [0, 0.05) is 19.1 Å². The van der Waals surface area contributed by atoms with Crippen molar-refractivity contribution in [2.45, 2.75) is 6.42 Å². The van der Waals surface area contributed by atoms with Crippen molar-refractivity contribution >= 4 is 28.5 Å². The van der Waals surface area contributed by atoms with Crippen LogP contribution in [0.3, 0.4) is 0 Å². The average Bonchev–Trinajstić information content (AvgIpc) is 2.82. The van der Waals surface area contributed by atoms with E-state index in [2.05, 4.69) is 0 Å². The van der Waals surface area contributed by atoms with Crippen LogP contribution in [0.15, 0.2) is 34.7 Å². The smallest absolute Gasteiger partial charge is 0.207 e. The summed E-state index contributed by atoms with van der Waals surface area (Å²) in [4.78, 5) is 11.9. The normalized spacial score (nSPS) is 10.9. The van der Waals surface area contributed by atoms with Gasteiger partial charge in [0.2, 0.25) is 5.78 Å². The van der Waals surface area contributed by atoms with E-state index in [1.54, 1.807) is 18.9 Å². The Hall–Kier alpha value is -1.26. The molecule has 0 saturated carbocycles. The number of ether oxygens (including phenoxy) is 1. The monoisotopic (exact) mass is 264 g/mol. The Bertz CT molecular complexity index is 485. The SMILES string of the molecule is COCCCSCC(=O)c1cc2ccccc2o1. The van der Waals surface area contributed by atoms with Crippen LogP contribution in [0.4, 0.5) is 0 Å². The molecule has 0 N–H and O–H groups in total. The molecule has 3 nitrogen and oxygen atoms in total. The molecule has 0 bridgehead atoms. The first-order valence-corrected chi connectivity index (χ1v) is 7.05. The van der Waals surface area contributed by atoms with Crippen molar-refractivity contribution in [1.29, 1.82) is 0 Å². The summed E-state index contributed by atoms with van der Waals surface area (Å²) in [6, 6.07) is 9.47. The summed E-state index contributed by atoms with van der Waals surface area (Å²) >= 11 is 1.62. The number of thioether (sulfide) groups is 1. The third-order valence-corrected chi connectivity index (χ3v) is 3.61. The van der Waals surface area contributed by atoms with Crippen molar-refractivity contribution in [2.75, 3.05) is 25.2 Å². The molecule has 2 aromatic rings. The molecule has 1 heterocycles. The van der Waals surface area contributed by atoms with Crippen LogP contribution in [-0.4, -0.2) is 31.0 Å². The first-order valence-electron chi connectivity index (χ1n) is 5.89. The third-order valence-electron chi connectivity index (χ3n) is 2.57. The van der Waals surface area contributed by atoms with Gasteiger partial charge in [-0.25, -0.2) is 0 Å². The molecular formula is C14H16O3S. The van der Waals surface area contributed by atoms with Crippen molar-refractivity contribution in [2.24, 2.45) is 0 Å². The highest BCUT2D eigenvalue weighted by Gasteiger charge is 2.11. The Balaban J connectivity index is 1.88. The number of benzene rings is 1. The summed E-state index contributed by atoms with van der Waals surface area (Å²) in [6.07, 6.45) is 0.967. The molecule has 0 amide bonds. The van der Waals surface area contributed by atoms with E-state index < -0.39 is 0 Å². The third kappa shape index (κ3) is 3.37. The Morgan fingerprint density at radius 1 is 1.39 bits per heavy atom. The number of fused-ring (bicyclic) bond motifs is 1. The van der Waals surface area contributed by atoms with E-state index in [1.807, 2.05) is 30.3 Å². The molecular weight excluding hydrogens is 248 g/mol. The molecule has 2 rings (SSSR count). The summed E-state index contributed by atoms with van der Waals surface area (Å²) in [5, 5.41) is 0.977. The quantitative estimate of drug-likeness (QED) is 0.567. The lowest BCUT2D eigenvalue weighted by atomic mass is 10.2. The molecule has 0 spiro atoms. The molecule has 1 aromatic carbocycles. The first kappa shape index (κ1) is 13.2. The van der Waals surface area contributed by atoms with Gasteiger partial charge in [0.1, 0.15) is 5.58 Å². The van der Waals surface area contributed by atoms with Crippen LogP contribution in [-0.2, 0) is 4.74 Å². The molecule has 4 heteroatoms. The van der Waals surface area contributed by atoms with Gasteiger partial charge in [0.05, 0.1) is 5.75 Å². The molecule has 0 fully saturated rings. The standard InChI is InChI=1S/C14H16O3S/c1-16-7-4-8-18-10-12(15)14-9-11-5-2-3-6-13(11)17-14/h2-3,5-6,9H,4,7-8,10H2,1H3. The fourth-order valence-electron chi connectivity index (χ4n) is 1.66. The molecule has 0 radical (unpaired) electrons. The predicted molar refractivity (Wildman–Crippen MR) is 74.4 cm³/mol. The van der Waals surface area contributed by atoms with Gasteiger partial charge in [-0.15, -0.1) is 0 Å². The van der Waals surface area contributed by atoms with Gasteiger partial charge in [-0.05, 0) is 24.3 Å². The molecule has 0 aliphatic carbocycles. The number of carbonyl (C=O) groups is 1. The fraction of sp³-hybridized carbons (Fsp3) is 0.357. The second kappa shape index (κ2) is 6.61. The highest BCUT2D eigenvalue weighted by molar-refractivity contribution is 7.99. The highest BCUT2D eigenvalue weighted by atomic mass is 32.2. The van der Waals surface area contributed by atoms with Crippen LogP contribution in [0, 0.1) is 0 Å². The number of ketones is 1. The molecule has 96 valence electrons. The van der Waals surface area contributed by atoms with E-state index in [1.165, 1.54) is 0 Å². The molecule has 0 aliphatic rings. The van der Waals surface area contributed by atoms with E-state index in [0.29, 0.717) is 11.5 Å². The Labute approximate surface area is 110 Å². The minimum atomic E-state index is 0.0496. The largest absolute Gasteiger partial charge is 0.453 e. The number of hydrogen-bond acceptors (Lipinski definition) is 4. The minimum absolute atomic E-state index is 0.0496. The van der Waals surface area contributed by atoms with Gasteiger partial charge in [-0.3, -0.25) is 4.79 Å². The average molecular weight is 264 g/mol. The minimum Gasteiger partial charge on any atom is -0.453 e. The zero-order valence-electron chi connectivity index (χ0n) is 10.3. The van der Waals surface area contributed by atoms with Crippen molar-refractivity contribution < 1.29 is 13.9 Å². The summed E-state index contributed by atoms with van der Waals surface area (Å²) < 4.78 is 10.5. The number of para-hydroxylation sites is 1. The Kier molecular flexibility index (Phi) is 4.84. The number of furan rings is 1. The zero-order chi connectivity index (χ0) is 12.8. The van der Waals surface area contributed by atoms with Gasteiger partial charge >= 0.3 is 0 Å². The number of Topliss-reactive ketones (excluding diaryl/α,β-unsaturated/α-hetero) is 1. The molecule has 1 aromatic heterocycles. The van der Waals surface area contributed by atoms with Gasteiger partial charge < -0.3 is 9.15 Å². The Morgan fingerprint density at radius 3 is 3.00 bits per heavy atom. The van der Waals surface area contributed by atoms with Crippen molar-refractivity contribution in [3.05, 3.63) is 36.1 Å². The van der Waals surface area contributed by atoms with Crippen molar-refractivity contribution in [3.63, 3.8) is 0 Å². The van der Waals surface area contributed by atoms with Crippen molar-refractivity contribution in [1.82, 2.24) is 0 Å². The summed E-state index contributed by atoms with van der Waals surface area (Å²) in [6.45, 7) is 0.742. The lowest BCUT2D eigenvalue weighted by Crippen LogP contribution is -2.02. The van der Waals surface area contributed by atoms with Crippen LogP contribution in [0.25, 0.3) is 11.0 Å². The van der Waals surface area contributed by atoms with E-state index in [9.17, 15) is 4.79 Å². The molecule has 0 aliphatic heterocycles. The summed E-state index contributed by atoms with van der Waals surface area (Å²) in [5.41, 5.74) is 0.769. The maximum atomic E-state index is 11.9. The zero-order valence-corrected chi connectivity index (χ0v) is 11.2. The number of methoxy groups -OCH3 is 1. The molecule has 0 atom stereocenters. The van der Waals surface area contributed by atoms with Crippen LogP contribution < -0.4 is 0 Å². The van der Waals surface area contributed by atoms with Gasteiger partial charge in [-0.1, -0.05) is 18.2 Å². The molecule has 0 unspecified atom stereocenters. The molecule has 18 heavy (non-hydrogen) atoms. The lowest BCUT2D eigenvalue weighted by Gasteiger charge is -1.99. The van der Waals surface area contributed by atoms with Crippen molar-refractivity contribution in [3.8, 4) is 0 Å². The molecule has 0 saturated heterocycles. The van der Waals surface area contributed by atoms with Crippen LogP contribution in [0.1, 0.15) is 17.0 Å². The van der Waals surface area contributed by atoms with Crippen LogP contribution in [0.2, 0.25) is 0 Å². The summed E-state index contributed by atoms with van der Waals surface area (Å²) in [7, 11) is 1.68. The van der Waals surface area contributed by atoms with E-state index in [0.717, 1.165) is 29.7 Å². The number of rotatable bonds is 7. The lowest BCUT2D eigenvalue weighted by molar-refractivity contribution is 0.0994. The fourth-order valence-corrected chi connectivity index (χ4v) is 2.45. The topological polar surface area (TPSA) is 39.4 Å². The first-order chi connectivity index (χ1) is 8.81.